The van der Waals surface area contributed by atoms with Crippen LogP contribution in [0.5, 0.6) is 5.75 Å². The van der Waals surface area contributed by atoms with Crippen LogP contribution >= 0.6 is 11.6 Å². The van der Waals surface area contributed by atoms with Gasteiger partial charge in [-0.2, -0.15) is 0 Å². The van der Waals surface area contributed by atoms with E-state index in [4.69, 9.17) is 21.1 Å². The lowest BCUT2D eigenvalue weighted by atomic mass is 10.0. The Kier molecular flexibility index (Phi) is 6.77. The summed E-state index contributed by atoms with van der Waals surface area (Å²) >= 11 is 5.86. The number of carbonyl (C=O) groups is 2. The monoisotopic (exact) mass is 414 g/mol. The van der Waals surface area contributed by atoms with Crippen LogP contribution in [-0.2, 0) is 27.3 Å². The molecule has 0 radical (unpaired) electrons. The number of esters is 1. The summed E-state index contributed by atoms with van der Waals surface area (Å²) in [5, 5.41) is 1.00. The number of H-pyrrole nitrogens is 1. The van der Waals surface area contributed by atoms with Gasteiger partial charge in [0.15, 0.2) is 0 Å². The molecule has 3 rings (SSSR count). The van der Waals surface area contributed by atoms with Crippen LogP contribution in [0.25, 0.3) is 10.9 Å². The van der Waals surface area contributed by atoms with Crippen molar-refractivity contribution in [1.29, 1.82) is 0 Å². The number of aromatic nitrogens is 1. The van der Waals surface area contributed by atoms with Gasteiger partial charge in [0.2, 0.25) is 5.91 Å². The fraction of sp³-hybridized carbons (Fsp3) is 0.273. The molecule has 1 heterocycles. The van der Waals surface area contributed by atoms with E-state index in [1.165, 1.54) is 12.0 Å². The van der Waals surface area contributed by atoms with Gasteiger partial charge in [-0.3, -0.25) is 4.79 Å². The van der Waals surface area contributed by atoms with Crippen LogP contribution in [0.1, 0.15) is 11.1 Å². The van der Waals surface area contributed by atoms with Crippen LogP contribution in [0.4, 0.5) is 0 Å². The highest BCUT2D eigenvalue weighted by Gasteiger charge is 2.31. The maximum Gasteiger partial charge on any atom is 0.328 e. The molecular formula is C22H23ClN2O4. The number of ether oxygens (including phenoxy) is 2. The molecular weight excluding hydrogens is 392 g/mol. The Bertz CT molecular complexity index is 984. The molecule has 3 aromatic rings. The molecule has 29 heavy (non-hydrogen) atoms. The number of aromatic amines is 1. The Morgan fingerprint density at radius 2 is 1.83 bits per heavy atom. The van der Waals surface area contributed by atoms with Gasteiger partial charge < -0.3 is 19.4 Å². The van der Waals surface area contributed by atoms with E-state index in [-0.39, 0.29) is 18.3 Å². The van der Waals surface area contributed by atoms with Gasteiger partial charge in [-0.05, 0) is 29.3 Å². The fourth-order valence-corrected chi connectivity index (χ4v) is 3.50. The average molecular weight is 415 g/mol. The number of alkyl halides is 1. The molecule has 0 aliphatic heterocycles. The predicted molar refractivity (Wildman–Crippen MR) is 112 cm³/mol. The quantitative estimate of drug-likeness (QED) is 0.452. The number of hydrogen-bond donors (Lipinski definition) is 1. The van der Waals surface area contributed by atoms with Crippen molar-refractivity contribution in [2.75, 3.05) is 20.1 Å². The molecule has 1 amide bonds. The number of hydrogen-bond acceptors (Lipinski definition) is 4. The molecule has 0 saturated carbocycles. The van der Waals surface area contributed by atoms with E-state index in [2.05, 4.69) is 4.98 Å². The zero-order chi connectivity index (χ0) is 20.8. The highest BCUT2D eigenvalue weighted by atomic mass is 35.5. The number of nitrogens with zero attached hydrogens (tertiary/aromatic N) is 1. The van der Waals surface area contributed by atoms with E-state index >= 15 is 0 Å². The fourth-order valence-electron chi connectivity index (χ4n) is 3.34. The average Bonchev–Trinajstić information content (AvgIpc) is 3.18. The highest BCUT2D eigenvalue weighted by Crippen LogP contribution is 2.23. The minimum Gasteiger partial charge on any atom is -0.497 e. The largest absolute Gasteiger partial charge is 0.497 e. The van der Waals surface area contributed by atoms with Crippen molar-refractivity contribution in [2.24, 2.45) is 0 Å². The minimum absolute atomic E-state index is 0.225. The molecule has 1 atom stereocenters. The predicted octanol–water partition coefficient (Wildman–Crippen LogP) is 3.53. The molecule has 0 spiro atoms. The zero-order valence-corrected chi connectivity index (χ0v) is 17.1. The first-order chi connectivity index (χ1) is 14.1. The molecule has 0 unspecified atom stereocenters. The molecule has 0 fully saturated rings. The van der Waals surface area contributed by atoms with Crippen molar-refractivity contribution in [3.8, 4) is 5.75 Å². The SMILES string of the molecule is COC(=O)[C@H](Cc1c[nH]c2ccccc12)N(Cc1ccc(OC)cc1)C(=O)CCl. The van der Waals surface area contributed by atoms with Crippen LogP contribution in [0.2, 0.25) is 0 Å². The Morgan fingerprint density at radius 1 is 1.10 bits per heavy atom. The lowest BCUT2D eigenvalue weighted by Crippen LogP contribution is -2.47. The van der Waals surface area contributed by atoms with Crippen LogP contribution in [0.3, 0.4) is 0 Å². The van der Waals surface area contributed by atoms with Crippen molar-refractivity contribution in [3.05, 3.63) is 65.9 Å². The number of para-hydroxylation sites is 1. The zero-order valence-electron chi connectivity index (χ0n) is 16.4. The molecule has 2 aromatic carbocycles. The second kappa shape index (κ2) is 9.47. The topological polar surface area (TPSA) is 71.6 Å². The number of fused-ring (bicyclic) bond motifs is 1. The highest BCUT2D eigenvalue weighted by molar-refractivity contribution is 6.27. The van der Waals surface area contributed by atoms with Crippen LogP contribution in [0, 0.1) is 0 Å². The summed E-state index contributed by atoms with van der Waals surface area (Å²) in [7, 11) is 2.91. The summed E-state index contributed by atoms with van der Waals surface area (Å²) < 4.78 is 10.2. The molecule has 0 bridgehead atoms. The summed E-state index contributed by atoms with van der Waals surface area (Å²) in [6.45, 7) is 0.234. The van der Waals surface area contributed by atoms with Crippen LogP contribution < -0.4 is 4.74 Å². The second-order valence-corrected chi connectivity index (χ2v) is 6.87. The van der Waals surface area contributed by atoms with E-state index in [1.807, 2.05) is 54.7 Å². The Morgan fingerprint density at radius 3 is 2.48 bits per heavy atom. The third-order valence-electron chi connectivity index (χ3n) is 4.88. The van der Waals surface area contributed by atoms with E-state index in [9.17, 15) is 9.59 Å². The van der Waals surface area contributed by atoms with Gasteiger partial charge in [-0.1, -0.05) is 30.3 Å². The van der Waals surface area contributed by atoms with Gasteiger partial charge in [0, 0.05) is 30.1 Å². The van der Waals surface area contributed by atoms with Crippen molar-refractivity contribution in [3.63, 3.8) is 0 Å². The van der Waals surface area contributed by atoms with Gasteiger partial charge in [-0.15, -0.1) is 11.6 Å². The smallest absolute Gasteiger partial charge is 0.328 e. The normalized spacial score (nSPS) is 11.8. The number of nitrogens with one attached hydrogen (secondary N) is 1. The number of rotatable bonds is 8. The standard InChI is InChI=1S/C22H23ClN2O4/c1-28-17-9-7-15(8-10-17)14-25(21(26)12-23)20(22(27)29-2)11-16-13-24-19-6-4-3-5-18(16)19/h3-10,13,20,24H,11-12,14H2,1-2H3/t20-/m0/s1. The molecule has 0 aliphatic carbocycles. The Balaban J connectivity index is 1.92. The third kappa shape index (κ3) is 4.71. The second-order valence-electron chi connectivity index (χ2n) is 6.61. The van der Waals surface area contributed by atoms with Crippen molar-refractivity contribution >= 4 is 34.4 Å². The number of halogens is 1. The lowest BCUT2D eigenvalue weighted by Gasteiger charge is -2.29. The molecule has 1 aromatic heterocycles. The number of carbonyl (C=O) groups excluding carboxylic acids is 2. The first-order valence-electron chi connectivity index (χ1n) is 9.18. The van der Waals surface area contributed by atoms with Gasteiger partial charge >= 0.3 is 5.97 Å². The summed E-state index contributed by atoms with van der Waals surface area (Å²) in [5.41, 5.74) is 2.76. The van der Waals surface area contributed by atoms with E-state index < -0.39 is 12.0 Å². The summed E-state index contributed by atoms with van der Waals surface area (Å²) in [6, 6.07) is 14.3. The molecule has 0 saturated heterocycles. The van der Waals surface area contributed by atoms with Crippen molar-refractivity contribution < 1.29 is 19.1 Å². The van der Waals surface area contributed by atoms with E-state index in [0.29, 0.717) is 12.2 Å². The summed E-state index contributed by atoms with van der Waals surface area (Å²) in [6.07, 6.45) is 2.17. The number of amides is 1. The molecule has 6 nitrogen and oxygen atoms in total. The summed E-state index contributed by atoms with van der Waals surface area (Å²) in [5.74, 6) is -0.329. The Hall–Kier alpha value is -2.99. The molecule has 0 aliphatic rings. The van der Waals surface area contributed by atoms with Gasteiger partial charge in [-0.25, -0.2) is 4.79 Å². The van der Waals surface area contributed by atoms with Gasteiger partial charge in [0.1, 0.15) is 17.7 Å². The first-order valence-corrected chi connectivity index (χ1v) is 9.72. The number of benzene rings is 2. The minimum atomic E-state index is -0.799. The first kappa shape index (κ1) is 20.7. The van der Waals surface area contributed by atoms with Gasteiger partial charge in [0.25, 0.3) is 0 Å². The summed E-state index contributed by atoms with van der Waals surface area (Å²) in [4.78, 5) is 30.0. The lowest BCUT2D eigenvalue weighted by molar-refractivity contribution is -0.152. The molecule has 152 valence electrons. The van der Waals surface area contributed by atoms with Crippen molar-refractivity contribution in [1.82, 2.24) is 9.88 Å². The maximum atomic E-state index is 12.6. The van der Waals surface area contributed by atoms with Crippen LogP contribution in [0.15, 0.2) is 54.7 Å². The van der Waals surface area contributed by atoms with Crippen molar-refractivity contribution in [2.45, 2.75) is 19.0 Å². The van der Waals surface area contributed by atoms with Gasteiger partial charge in [0.05, 0.1) is 14.2 Å². The third-order valence-corrected chi connectivity index (χ3v) is 5.11. The molecule has 7 heteroatoms. The van der Waals surface area contributed by atoms with Crippen LogP contribution in [-0.4, -0.2) is 47.9 Å². The Labute approximate surface area is 174 Å². The molecule has 1 N–H and O–H groups in total. The van der Waals surface area contributed by atoms with E-state index in [0.717, 1.165) is 22.0 Å². The number of methoxy groups -OCH3 is 2. The van der Waals surface area contributed by atoms with E-state index in [1.54, 1.807) is 7.11 Å². The maximum absolute atomic E-state index is 12.6.